The maximum atomic E-state index is 12.1. The van der Waals surface area contributed by atoms with Gasteiger partial charge in [0.25, 0.3) is 0 Å². The predicted octanol–water partition coefficient (Wildman–Crippen LogP) is -0.0960. The molecule has 2 fully saturated rings. The van der Waals surface area contributed by atoms with Crippen molar-refractivity contribution in [3.8, 4) is 0 Å². The van der Waals surface area contributed by atoms with Crippen LogP contribution in [0, 0.1) is 0 Å². The molecule has 90 valence electrons. The van der Waals surface area contributed by atoms with Crippen LogP contribution in [-0.4, -0.2) is 49.1 Å². The van der Waals surface area contributed by atoms with Crippen molar-refractivity contribution in [1.82, 2.24) is 10.2 Å². The van der Waals surface area contributed by atoms with E-state index in [9.17, 15) is 9.59 Å². The van der Waals surface area contributed by atoms with E-state index < -0.39 is 6.04 Å². The van der Waals surface area contributed by atoms with Crippen molar-refractivity contribution in [2.45, 2.75) is 31.7 Å². The third-order valence-electron chi connectivity index (χ3n) is 3.07. The van der Waals surface area contributed by atoms with E-state index >= 15 is 0 Å². The van der Waals surface area contributed by atoms with E-state index in [1.807, 2.05) is 4.90 Å². The molecule has 0 spiro atoms. The third-order valence-corrected chi connectivity index (χ3v) is 3.07. The van der Waals surface area contributed by atoms with Crippen LogP contribution in [-0.2, 0) is 14.3 Å². The second kappa shape index (κ2) is 5.30. The normalized spacial score (nSPS) is 27.1. The van der Waals surface area contributed by atoms with Gasteiger partial charge in [0.15, 0.2) is 0 Å². The maximum Gasteiger partial charge on any atom is 0.247 e. The Kier molecular flexibility index (Phi) is 3.77. The molecule has 0 aromatic rings. The Morgan fingerprint density at radius 3 is 2.56 bits per heavy atom. The lowest BCUT2D eigenvalue weighted by Gasteiger charge is -2.28. The quantitative estimate of drug-likeness (QED) is 0.679. The van der Waals surface area contributed by atoms with Crippen LogP contribution in [0.4, 0.5) is 0 Å². The number of rotatable bonds is 1. The number of hydrogen-bond acceptors (Lipinski definition) is 3. The molecule has 2 heterocycles. The fourth-order valence-corrected chi connectivity index (χ4v) is 2.19. The topological polar surface area (TPSA) is 58.6 Å². The Labute approximate surface area is 95.1 Å². The number of morpholine rings is 1. The van der Waals surface area contributed by atoms with Crippen molar-refractivity contribution >= 4 is 11.8 Å². The van der Waals surface area contributed by atoms with Crippen LogP contribution in [0.1, 0.15) is 25.7 Å². The highest BCUT2D eigenvalue weighted by molar-refractivity contribution is 5.89. The summed E-state index contributed by atoms with van der Waals surface area (Å²) < 4.78 is 5.08. The molecule has 0 radical (unpaired) electrons. The van der Waals surface area contributed by atoms with Gasteiger partial charge in [-0.25, -0.2) is 0 Å². The molecule has 16 heavy (non-hydrogen) atoms. The van der Waals surface area contributed by atoms with Gasteiger partial charge >= 0.3 is 0 Å². The van der Waals surface area contributed by atoms with Gasteiger partial charge in [-0.3, -0.25) is 9.59 Å². The first-order valence-corrected chi connectivity index (χ1v) is 5.93. The number of amides is 2. The van der Waals surface area contributed by atoms with Crippen LogP contribution in [0.25, 0.3) is 0 Å². The van der Waals surface area contributed by atoms with Crippen molar-refractivity contribution in [3.63, 3.8) is 0 Å². The molecule has 2 amide bonds. The zero-order chi connectivity index (χ0) is 11.4. The van der Waals surface area contributed by atoms with E-state index in [1.165, 1.54) is 12.8 Å². The van der Waals surface area contributed by atoms with E-state index in [2.05, 4.69) is 5.32 Å². The van der Waals surface area contributed by atoms with E-state index in [-0.39, 0.29) is 18.4 Å². The third kappa shape index (κ3) is 2.72. The summed E-state index contributed by atoms with van der Waals surface area (Å²) in [6, 6.07) is -0.473. The SMILES string of the molecule is O=C1COCC(C(=O)N2CCCCCC2)N1. The van der Waals surface area contributed by atoms with Crippen molar-refractivity contribution in [3.05, 3.63) is 0 Å². The molecular formula is C11H18N2O3. The zero-order valence-electron chi connectivity index (χ0n) is 9.41. The van der Waals surface area contributed by atoms with E-state index in [1.54, 1.807) is 0 Å². The van der Waals surface area contributed by atoms with Crippen molar-refractivity contribution in [2.75, 3.05) is 26.3 Å². The predicted molar refractivity (Wildman–Crippen MR) is 57.8 cm³/mol. The Morgan fingerprint density at radius 1 is 1.25 bits per heavy atom. The average molecular weight is 226 g/mol. The molecule has 0 bridgehead atoms. The lowest BCUT2D eigenvalue weighted by molar-refractivity contribution is -0.144. The molecule has 5 nitrogen and oxygen atoms in total. The summed E-state index contributed by atoms with van der Waals surface area (Å²) >= 11 is 0. The Hall–Kier alpha value is -1.10. The van der Waals surface area contributed by atoms with Crippen LogP contribution in [0.15, 0.2) is 0 Å². The molecular weight excluding hydrogens is 208 g/mol. The minimum absolute atomic E-state index is 0.00921. The molecule has 2 aliphatic heterocycles. The smallest absolute Gasteiger partial charge is 0.247 e. The van der Waals surface area contributed by atoms with Crippen LogP contribution >= 0.6 is 0 Å². The molecule has 0 aromatic carbocycles. The van der Waals surface area contributed by atoms with Gasteiger partial charge in [-0.15, -0.1) is 0 Å². The number of carbonyl (C=O) groups is 2. The zero-order valence-corrected chi connectivity index (χ0v) is 9.41. The van der Waals surface area contributed by atoms with Crippen LogP contribution in [0.5, 0.6) is 0 Å². The Morgan fingerprint density at radius 2 is 1.94 bits per heavy atom. The maximum absolute atomic E-state index is 12.1. The number of likely N-dealkylation sites (tertiary alicyclic amines) is 1. The first-order chi connectivity index (χ1) is 7.77. The number of hydrogen-bond donors (Lipinski definition) is 1. The van der Waals surface area contributed by atoms with E-state index in [0.29, 0.717) is 6.61 Å². The van der Waals surface area contributed by atoms with Gasteiger partial charge in [0.1, 0.15) is 12.6 Å². The van der Waals surface area contributed by atoms with E-state index in [4.69, 9.17) is 4.74 Å². The molecule has 5 heteroatoms. The molecule has 1 unspecified atom stereocenters. The second-order valence-electron chi connectivity index (χ2n) is 4.37. The summed E-state index contributed by atoms with van der Waals surface area (Å²) in [5.41, 5.74) is 0. The summed E-state index contributed by atoms with van der Waals surface area (Å²) in [4.78, 5) is 25.1. The molecule has 0 aliphatic carbocycles. The molecule has 2 saturated heterocycles. The van der Waals surface area contributed by atoms with Crippen LogP contribution in [0.2, 0.25) is 0 Å². The van der Waals surface area contributed by atoms with Crippen molar-refractivity contribution in [2.24, 2.45) is 0 Å². The minimum atomic E-state index is -0.473. The van der Waals surface area contributed by atoms with Crippen molar-refractivity contribution < 1.29 is 14.3 Å². The van der Waals surface area contributed by atoms with Crippen LogP contribution in [0.3, 0.4) is 0 Å². The number of nitrogens with zero attached hydrogens (tertiary/aromatic N) is 1. The highest BCUT2D eigenvalue weighted by Crippen LogP contribution is 2.11. The molecule has 1 N–H and O–H groups in total. The summed E-state index contributed by atoms with van der Waals surface area (Å²) in [5, 5.41) is 2.68. The number of nitrogens with one attached hydrogen (secondary N) is 1. The lowest BCUT2D eigenvalue weighted by atomic mass is 10.2. The lowest BCUT2D eigenvalue weighted by Crippen LogP contribution is -2.55. The molecule has 0 saturated carbocycles. The summed E-state index contributed by atoms with van der Waals surface area (Å²) in [5.74, 6) is -0.186. The molecule has 1 atom stereocenters. The van der Waals surface area contributed by atoms with E-state index in [0.717, 1.165) is 25.9 Å². The fourth-order valence-electron chi connectivity index (χ4n) is 2.19. The first-order valence-electron chi connectivity index (χ1n) is 5.93. The minimum Gasteiger partial charge on any atom is -0.369 e. The fraction of sp³-hybridized carbons (Fsp3) is 0.818. The Balaban J connectivity index is 1.91. The first kappa shape index (κ1) is 11.4. The van der Waals surface area contributed by atoms with Gasteiger partial charge in [-0.05, 0) is 12.8 Å². The van der Waals surface area contributed by atoms with Gasteiger partial charge in [0, 0.05) is 13.1 Å². The number of ether oxygens (including phenoxy) is 1. The summed E-state index contributed by atoms with van der Waals surface area (Å²) in [7, 11) is 0. The molecule has 0 aromatic heterocycles. The highest BCUT2D eigenvalue weighted by Gasteiger charge is 2.29. The summed E-state index contributed by atoms with van der Waals surface area (Å²) in [6.45, 7) is 2.00. The number of carbonyl (C=O) groups excluding carboxylic acids is 2. The van der Waals surface area contributed by atoms with Gasteiger partial charge in [-0.1, -0.05) is 12.8 Å². The van der Waals surface area contributed by atoms with Crippen LogP contribution < -0.4 is 5.32 Å². The van der Waals surface area contributed by atoms with Gasteiger partial charge in [-0.2, -0.15) is 0 Å². The monoisotopic (exact) mass is 226 g/mol. The molecule has 2 rings (SSSR count). The Bertz CT molecular complexity index is 272. The van der Waals surface area contributed by atoms with Gasteiger partial charge < -0.3 is 15.0 Å². The summed E-state index contributed by atoms with van der Waals surface area (Å²) in [6.07, 6.45) is 4.51. The largest absolute Gasteiger partial charge is 0.369 e. The second-order valence-corrected chi connectivity index (χ2v) is 4.37. The van der Waals surface area contributed by atoms with Gasteiger partial charge in [0.2, 0.25) is 11.8 Å². The molecule has 2 aliphatic rings. The average Bonchev–Trinajstić information content (AvgIpc) is 2.56. The van der Waals surface area contributed by atoms with Gasteiger partial charge in [0.05, 0.1) is 6.61 Å². The standard InChI is InChI=1S/C11H18N2O3/c14-10-8-16-7-9(12-10)11(15)13-5-3-1-2-4-6-13/h9H,1-8H2,(H,12,14). The van der Waals surface area contributed by atoms with Crippen molar-refractivity contribution in [1.29, 1.82) is 0 Å². The highest BCUT2D eigenvalue weighted by atomic mass is 16.5.